The summed E-state index contributed by atoms with van der Waals surface area (Å²) in [5, 5.41) is 14.3. The van der Waals surface area contributed by atoms with E-state index in [0.717, 1.165) is 5.56 Å². The lowest BCUT2D eigenvalue weighted by Crippen LogP contribution is -2.33. The van der Waals surface area contributed by atoms with Crippen LogP contribution in [-0.2, 0) is 4.79 Å². The van der Waals surface area contributed by atoms with Crippen molar-refractivity contribution in [2.24, 2.45) is 5.92 Å². The molecule has 0 aliphatic carbocycles. The van der Waals surface area contributed by atoms with E-state index in [-0.39, 0.29) is 12.3 Å². The van der Waals surface area contributed by atoms with Crippen LogP contribution in [0.1, 0.15) is 18.9 Å². The molecule has 0 bridgehead atoms. The van der Waals surface area contributed by atoms with Crippen molar-refractivity contribution in [2.75, 3.05) is 11.9 Å². The number of aryl methyl sites for hydroxylation is 1. The van der Waals surface area contributed by atoms with Crippen molar-refractivity contribution in [3.8, 4) is 0 Å². The topological polar surface area (TPSA) is 78.4 Å². The van der Waals surface area contributed by atoms with E-state index in [9.17, 15) is 9.59 Å². The number of aliphatic carboxylic acids is 1. The number of carboxylic acid groups (broad SMARTS) is 1. The number of urea groups is 1. The van der Waals surface area contributed by atoms with E-state index in [1.807, 2.05) is 13.0 Å². The molecular weight excluding hydrogens is 268 g/mol. The molecule has 104 valence electrons. The van der Waals surface area contributed by atoms with Crippen LogP contribution in [0.25, 0.3) is 0 Å². The highest BCUT2D eigenvalue weighted by atomic mass is 35.5. The maximum atomic E-state index is 11.6. The maximum absolute atomic E-state index is 11.6. The normalized spacial score (nSPS) is 11.7. The first-order chi connectivity index (χ1) is 8.88. The SMILES string of the molecule is Cc1ccc(NC(=O)NCC(C)CC(=O)O)c(Cl)c1. The summed E-state index contributed by atoms with van der Waals surface area (Å²) in [6.45, 7) is 3.96. The van der Waals surface area contributed by atoms with Crippen LogP contribution < -0.4 is 10.6 Å². The number of carbonyl (C=O) groups excluding carboxylic acids is 1. The average molecular weight is 285 g/mol. The third-order valence-electron chi connectivity index (χ3n) is 2.51. The molecule has 0 radical (unpaired) electrons. The van der Waals surface area contributed by atoms with Crippen LogP contribution in [0.4, 0.5) is 10.5 Å². The quantitative estimate of drug-likeness (QED) is 0.778. The van der Waals surface area contributed by atoms with Gasteiger partial charge in [0.2, 0.25) is 0 Å². The lowest BCUT2D eigenvalue weighted by atomic mass is 10.1. The summed E-state index contributed by atoms with van der Waals surface area (Å²) in [5.41, 5.74) is 1.53. The smallest absolute Gasteiger partial charge is 0.319 e. The van der Waals surface area contributed by atoms with Gasteiger partial charge in [-0.25, -0.2) is 4.79 Å². The molecule has 0 aromatic heterocycles. The molecule has 1 unspecified atom stereocenters. The van der Waals surface area contributed by atoms with Gasteiger partial charge in [0, 0.05) is 13.0 Å². The number of carbonyl (C=O) groups is 2. The summed E-state index contributed by atoms with van der Waals surface area (Å²) >= 11 is 5.98. The molecule has 1 rings (SSSR count). The summed E-state index contributed by atoms with van der Waals surface area (Å²) in [5.74, 6) is -1.01. The van der Waals surface area contributed by atoms with Crippen molar-refractivity contribution in [1.29, 1.82) is 0 Å². The molecule has 0 saturated heterocycles. The average Bonchev–Trinajstić information content (AvgIpc) is 2.29. The van der Waals surface area contributed by atoms with Crippen molar-refractivity contribution < 1.29 is 14.7 Å². The molecule has 2 amide bonds. The Morgan fingerprint density at radius 3 is 2.68 bits per heavy atom. The van der Waals surface area contributed by atoms with E-state index in [1.54, 1.807) is 19.1 Å². The molecule has 1 aromatic rings. The fraction of sp³-hybridized carbons (Fsp3) is 0.385. The summed E-state index contributed by atoms with van der Waals surface area (Å²) in [7, 11) is 0. The largest absolute Gasteiger partial charge is 0.481 e. The monoisotopic (exact) mass is 284 g/mol. The molecule has 5 nitrogen and oxygen atoms in total. The van der Waals surface area contributed by atoms with Crippen molar-refractivity contribution in [1.82, 2.24) is 5.32 Å². The zero-order chi connectivity index (χ0) is 14.4. The number of hydrogen-bond acceptors (Lipinski definition) is 2. The molecule has 0 saturated carbocycles. The Balaban J connectivity index is 2.45. The Kier molecular flexibility index (Phi) is 5.63. The Morgan fingerprint density at radius 1 is 1.42 bits per heavy atom. The number of carboxylic acids is 1. The van der Waals surface area contributed by atoms with E-state index in [2.05, 4.69) is 10.6 Å². The highest BCUT2D eigenvalue weighted by Gasteiger charge is 2.10. The molecule has 0 aliphatic heterocycles. The molecule has 0 heterocycles. The summed E-state index contributed by atoms with van der Waals surface area (Å²) in [6, 6.07) is 4.92. The van der Waals surface area contributed by atoms with Gasteiger partial charge in [-0.15, -0.1) is 0 Å². The minimum Gasteiger partial charge on any atom is -0.481 e. The lowest BCUT2D eigenvalue weighted by molar-refractivity contribution is -0.137. The highest BCUT2D eigenvalue weighted by molar-refractivity contribution is 6.33. The van der Waals surface area contributed by atoms with Gasteiger partial charge in [-0.2, -0.15) is 0 Å². The number of benzene rings is 1. The van der Waals surface area contributed by atoms with E-state index in [4.69, 9.17) is 16.7 Å². The fourth-order valence-corrected chi connectivity index (χ4v) is 1.81. The first kappa shape index (κ1) is 15.3. The number of amides is 2. The van der Waals surface area contributed by atoms with Gasteiger partial charge in [0.15, 0.2) is 0 Å². The minimum atomic E-state index is -0.878. The van der Waals surface area contributed by atoms with E-state index >= 15 is 0 Å². The second-order valence-corrected chi connectivity index (χ2v) is 4.93. The van der Waals surface area contributed by atoms with Gasteiger partial charge >= 0.3 is 12.0 Å². The number of anilines is 1. The van der Waals surface area contributed by atoms with Crippen LogP contribution in [0, 0.1) is 12.8 Å². The molecule has 19 heavy (non-hydrogen) atoms. The van der Waals surface area contributed by atoms with Crippen molar-refractivity contribution >= 4 is 29.3 Å². The third kappa shape index (κ3) is 5.61. The molecule has 0 fully saturated rings. The lowest BCUT2D eigenvalue weighted by Gasteiger charge is -2.12. The van der Waals surface area contributed by atoms with Gasteiger partial charge in [-0.3, -0.25) is 4.79 Å². The van der Waals surface area contributed by atoms with Crippen LogP contribution >= 0.6 is 11.6 Å². The van der Waals surface area contributed by atoms with Gasteiger partial charge in [-0.1, -0.05) is 24.6 Å². The number of nitrogens with one attached hydrogen (secondary N) is 2. The molecule has 1 atom stereocenters. The van der Waals surface area contributed by atoms with E-state index in [1.165, 1.54) is 0 Å². The summed E-state index contributed by atoms with van der Waals surface area (Å²) in [4.78, 5) is 22.1. The Morgan fingerprint density at radius 2 is 2.11 bits per heavy atom. The van der Waals surface area contributed by atoms with Gasteiger partial charge < -0.3 is 15.7 Å². The molecule has 6 heteroatoms. The maximum Gasteiger partial charge on any atom is 0.319 e. The van der Waals surface area contributed by atoms with Gasteiger partial charge in [0.1, 0.15) is 0 Å². The summed E-state index contributed by atoms with van der Waals surface area (Å²) in [6.07, 6.45) is 0.0194. The molecular formula is C13H17ClN2O3. The number of hydrogen-bond donors (Lipinski definition) is 3. The Bertz CT molecular complexity index is 477. The van der Waals surface area contributed by atoms with E-state index in [0.29, 0.717) is 17.3 Å². The molecule has 3 N–H and O–H groups in total. The predicted molar refractivity (Wildman–Crippen MR) is 74.6 cm³/mol. The molecule has 0 aliphatic rings. The van der Waals surface area contributed by atoms with Crippen LogP contribution in [0.3, 0.4) is 0 Å². The predicted octanol–water partition coefficient (Wildman–Crippen LogP) is 2.88. The molecule has 1 aromatic carbocycles. The Hall–Kier alpha value is -1.75. The van der Waals surface area contributed by atoms with Crippen LogP contribution in [-0.4, -0.2) is 23.7 Å². The number of rotatable bonds is 5. The zero-order valence-electron chi connectivity index (χ0n) is 10.9. The van der Waals surface area contributed by atoms with Crippen molar-refractivity contribution in [2.45, 2.75) is 20.3 Å². The van der Waals surface area contributed by atoms with Crippen molar-refractivity contribution in [3.05, 3.63) is 28.8 Å². The van der Waals surface area contributed by atoms with Gasteiger partial charge in [-0.05, 0) is 30.5 Å². The first-order valence-electron chi connectivity index (χ1n) is 5.91. The summed E-state index contributed by atoms with van der Waals surface area (Å²) < 4.78 is 0. The van der Waals surface area contributed by atoms with E-state index < -0.39 is 12.0 Å². The zero-order valence-corrected chi connectivity index (χ0v) is 11.6. The fourth-order valence-electron chi connectivity index (χ4n) is 1.53. The Labute approximate surface area is 117 Å². The van der Waals surface area contributed by atoms with Crippen LogP contribution in [0.15, 0.2) is 18.2 Å². The first-order valence-corrected chi connectivity index (χ1v) is 6.29. The third-order valence-corrected chi connectivity index (χ3v) is 2.82. The van der Waals surface area contributed by atoms with Gasteiger partial charge in [0.05, 0.1) is 10.7 Å². The van der Waals surface area contributed by atoms with Gasteiger partial charge in [0.25, 0.3) is 0 Å². The molecule has 0 spiro atoms. The number of halogens is 1. The van der Waals surface area contributed by atoms with Crippen LogP contribution in [0.5, 0.6) is 0 Å². The van der Waals surface area contributed by atoms with Crippen LogP contribution in [0.2, 0.25) is 5.02 Å². The minimum absolute atomic E-state index is 0.0194. The highest BCUT2D eigenvalue weighted by Crippen LogP contribution is 2.22. The second kappa shape index (κ2) is 6.99. The second-order valence-electron chi connectivity index (χ2n) is 4.52. The standard InChI is InChI=1S/C13H17ClN2O3/c1-8-3-4-11(10(14)5-8)16-13(19)15-7-9(2)6-12(17)18/h3-5,9H,6-7H2,1-2H3,(H,17,18)(H2,15,16,19). The van der Waals surface area contributed by atoms with Crippen molar-refractivity contribution in [3.63, 3.8) is 0 Å².